The first-order chi connectivity index (χ1) is 29.5. The van der Waals surface area contributed by atoms with Crippen LogP contribution >= 0.6 is 0 Å². The highest BCUT2D eigenvalue weighted by molar-refractivity contribution is 6.72. The van der Waals surface area contributed by atoms with Gasteiger partial charge in [0, 0.05) is 41.1 Å². The average molecular weight is 844 g/mol. The van der Waals surface area contributed by atoms with Crippen LogP contribution in [-0.2, 0) is 33.0 Å². The molecule has 5 aromatic rings. The number of benzene rings is 4. The Labute approximate surface area is 357 Å². The zero-order chi connectivity index (χ0) is 42.5. The minimum Gasteiger partial charge on any atom is -0.497 e. The number of aromatic nitrogens is 3. The van der Waals surface area contributed by atoms with E-state index in [1.807, 2.05) is 109 Å². The van der Waals surface area contributed by atoms with Gasteiger partial charge in [-0.2, -0.15) is 0 Å². The molecular weight excluding hydrogens is 790 g/mol. The van der Waals surface area contributed by atoms with E-state index < -0.39 is 37.1 Å². The van der Waals surface area contributed by atoms with Gasteiger partial charge >= 0.3 is 0 Å². The zero-order valence-corrected chi connectivity index (χ0v) is 36.2. The van der Waals surface area contributed by atoms with E-state index in [-0.39, 0.29) is 30.9 Å². The van der Waals surface area contributed by atoms with Crippen LogP contribution in [0.2, 0.25) is 18.6 Å². The number of halogens is 1. The lowest BCUT2D eigenvalue weighted by Gasteiger charge is -2.39. The van der Waals surface area contributed by atoms with Gasteiger partial charge in [-0.25, -0.2) is 0 Å². The number of carbonyl (C=O) groups excluding carboxylic acids is 2. The third-order valence-electron chi connectivity index (χ3n) is 13.6. The van der Waals surface area contributed by atoms with Crippen molar-refractivity contribution in [1.29, 1.82) is 0 Å². The molecule has 14 heteroatoms. The smallest absolute Gasteiger partial charge is 0.264 e. The number of rotatable bonds is 12. The van der Waals surface area contributed by atoms with E-state index in [1.54, 1.807) is 29.8 Å². The second-order valence-electron chi connectivity index (χ2n) is 17.5. The molecule has 2 spiro atoms. The molecule has 5 heterocycles. The molecule has 12 nitrogen and oxygen atoms in total. The molecule has 1 aromatic heterocycles. The number of hydrogen-bond acceptors (Lipinski definition) is 9. The lowest BCUT2D eigenvalue weighted by Crippen LogP contribution is -2.55. The van der Waals surface area contributed by atoms with Crippen LogP contribution in [0.15, 0.2) is 109 Å². The molecule has 0 aliphatic carbocycles. The topological polar surface area (TPSA) is 125 Å². The highest BCUT2D eigenvalue weighted by atomic mass is 28.4. The highest BCUT2D eigenvalue weighted by Gasteiger charge is 2.66. The van der Waals surface area contributed by atoms with E-state index in [2.05, 4.69) is 32.7 Å². The van der Waals surface area contributed by atoms with E-state index in [1.165, 1.54) is 0 Å². The van der Waals surface area contributed by atoms with Gasteiger partial charge in [0.25, 0.3) is 11.8 Å². The Balaban J connectivity index is 0.974. The molecule has 4 aliphatic heterocycles. The maximum absolute atomic E-state index is 16.6. The molecule has 3 saturated heterocycles. The standard InChI is InChI=1S/C47H54FN7O5Si/c1-32-43(61(3,4)48)42(21-26-52-29-40(50-51-52)38(30-56)34-11-7-5-8-12-34)60-47(32)39-27-37(59-2)19-20-41(39)53(45(47)58)28-33-15-17-35(18-16-33)54-31-55(36-13-9-6-10-14-36)46(44(54)57)22-24-49-25-23-46/h5-20,27,29,32,38,42-43,49,56H,21-26,28,30-31H2,1-4H3/t32-,38?,42+,43-,47+/m1/s1. The minimum atomic E-state index is -3.42. The first kappa shape index (κ1) is 41.0. The first-order valence-electron chi connectivity index (χ1n) is 21.4. The number of ether oxygens (including phenoxy) is 2. The number of aliphatic hydroxyl groups excluding tert-OH is 1. The number of nitrogens with zero attached hydrogens (tertiary/aromatic N) is 6. The SMILES string of the molecule is COc1ccc2c(c1)[C@]1(O[C@@H](CCn3cc(C(CO)c4ccccc4)nn3)[C@H]([Si](C)(C)F)[C@H]1C)C(=O)N2Cc1ccc(N2CN(c3ccccc3)C3(CCNCC3)C2=O)cc1. The van der Waals surface area contributed by atoms with Gasteiger partial charge in [-0.3, -0.25) is 19.2 Å². The van der Waals surface area contributed by atoms with Gasteiger partial charge in [0.15, 0.2) is 5.60 Å². The van der Waals surface area contributed by atoms with Crippen molar-refractivity contribution in [2.24, 2.45) is 5.92 Å². The lowest BCUT2D eigenvalue weighted by molar-refractivity contribution is -0.146. The predicted molar refractivity (Wildman–Crippen MR) is 235 cm³/mol. The molecule has 0 saturated carbocycles. The maximum Gasteiger partial charge on any atom is 0.264 e. The van der Waals surface area contributed by atoms with Gasteiger partial charge in [-0.15, -0.1) is 5.10 Å². The Hall–Kier alpha value is -5.41. The fraction of sp³-hybridized carbons (Fsp3) is 0.404. The van der Waals surface area contributed by atoms with Crippen LogP contribution in [0, 0.1) is 5.92 Å². The number of aryl methyl sites for hydroxylation is 1. The summed E-state index contributed by atoms with van der Waals surface area (Å²) in [7, 11) is -1.83. The number of amides is 2. The second-order valence-corrected chi connectivity index (χ2v) is 21.3. The first-order valence-corrected chi connectivity index (χ1v) is 24.3. The Morgan fingerprint density at radius 3 is 2.33 bits per heavy atom. The van der Waals surface area contributed by atoms with Crippen molar-refractivity contribution in [3.8, 4) is 5.75 Å². The summed E-state index contributed by atoms with van der Waals surface area (Å²) in [6.45, 7) is 7.90. The highest BCUT2D eigenvalue weighted by Crippen LogP contribution is 2.61. The lowest BCUT2D eigenvalue weighted by atomic mass is 9.82. The number of methoxy groups -OCH3 is 1. The fourth-order valence-corrected chi connectivity index (χ4v) is 13.2. The third kappa shape index (κ3) is 7.03. The number of fused-ring (bicyclic) bond motifs is 2. The summed E-state index contributed by atoms with van der Waals surface area (Å²) in [5.41, 5.74) is 3.16. The molecule has 2 amide bonds. The van der Waals surface area contributed by atoms with E-state index in [4.69, 9.17) is 9.47 Å². The molecule has 3 fully saturated rings. The fourth-order valence-electron chi connectivity index (χ4n) is 10.6. The minimum absolute atomic E-state index is 0.103. The summed E-state index contributed by atoms with van der Waals surface area (Å²) < 4.78 is 31.1. The molecule has 0 bridgehead atoms. The summed E-state index contributed by atoms with van der Waals surface area (Å²) in [6.07, 6.45) is 3.12. The Morgan fingerprint density at radius 2 is 1.66 bits per heavy atom. The molecule has 0 radical (unpaired) electrons. The molecule has 2 N–H and O–H groups in total. The molecule has 318 valence electrons. The summed E-state index contributed by atoms with van der Waals surface area (Å²) >= 11 is 0. The molecular formula is C47H54FN7O5Si. The molecule has 61 heavy (non-hydrogen) atoms. The van der Waals surface area contributed by atoms with Gasteiger partial charge in [-0.05, 0) is 99.0 Å². The molecule has 4 aliphatic rings. The maximum atomic E-state index is 16.6. The van der Waals surface area contributed by atoms with Gasteiger partial charge in [-0.1, -0.05) is 72.8 Å². The van der Waals surface area contributed by atoms with Crippen molar-refractivity contribution in [3.63, 3.8) is 0 Å². The van der Waals surface area contributed by atoms with Crippen LogP contribution in [0.4, 0.5) is 21.2 Å². The van der Waals surface area contributed by atoms with Crippen LogP contribution in [0.3, 0.4) is 0 Å². The summed E-state index contributed by atoms with van der Waals surface area (Å²) in [5, 5.41) is 22.4. The number of hydrogen-bond donors (Lipinski definition) is 2. The Kier molecular flexibility index (Phi) is 10.8. The van der Waals surface area contributed by atoms with Crippen molar-refractivity contribution in [2.75, 3.05) is 48.2 Å². The average Bonchev–Trinajstić information content (AvgIpc) is 4.00. The van der Waals surface area contributed by atoms with E-state index in [0.29, 0.717) is 42.3 Å². The summed E-state index contributed by atoms with van der Waals surface area (Å²) in [6, 6.07) is 33.4. The number of para-hydroxylation sites is 1. The van der Waals surface area contributed by atoms with Crippen molar-refractivity contribution in [3.05, 3.63) is 132 Å². The number of carbonyl (C=O) groups is 2. The number of anilines is 3. The van der Waals surface area contributed by atoms with Crippen LogP contribution in [0.5, 0.6) is 5.75 Å². The normalized spacial score (nSPS) is 24.0. The monoisotopic (exact) mass is 843 g/mol. The molecule has 9 rings (SSSR count). The molecule has 4 aromatic carbocycles. The van der Waals surface area contributed by atoms with Crippen molar-refractivity contribution in [2.45, 2.75) is 81.1 Å². The van der Waals surface area contributed by atoms with Crippen LogP contribution in [-0.4, -0.2) is 85.4 Å². The molecule has 5 atom stereocenters. The van der Waals surface area contributed by atoms with Crippen LogP contribution in [0.1, 0.15) is 54.5 Å². The van der Waals surface area contributed by atoms with E-state index >= 15 is 8.90 Å². The zero-order valence-electron chi connectivity index (χ0n) is 35.2. The number of nitrogens with one attached hydrogen (secondary N) is 1. The van der Waals surface area contributed by atoms with Gasteiger partial charge in [0.05, 0.1) is 50.3 Å². The summed E-state index contributed by atoms with van der Waals surface area (Å²) in [5.74, 6) is -0.338. The quantitative estimate of drug-likeness (QED) is 0.104. The third-order valence-corrected chi connectivity index (χ3v) is 16.1. The second kappa shape index (κ2) is 16.1. The number of aliphatic hydroxyl groups is 1. The Morgan fingerprint density at radius 1 is 0.951 bits per heavy atom. The number of piperidine rings is 1. The van der Waals surface area contributed by atoms with E-state index in [9.17, 15) is 9.90 Å². The van der Waals surface area contributed by atoms with Crippen LogP contribution in [0.25, 0.3) is 0 Å². The van der Waals surface area contributed by atoms with Crippen molar-refractivity contribution < 1.29 is 28.3 Å². The predicted octanol–water partition coefficient (Wildman–Crippen LogP) is 6.76. The van der Waals surface area contributed by atoms with Gasteiger partial charge in [0.2, 0.25) is 8.41 Å². The summed E-state index contributed by atoms with van der Waals surface area (Å²) in [4.78, 5) is 35.4. The van der Waals surface area contributed by atoms with Gasteiger partial charge < -0.3 is 33.8 Å². The van der Waals surface area contributed by atoms with E-state index in [0.717, 1.165) is 48.4 Å². The van der Waals surface area contributed by atoms with Crippen molar-refractivity contribution in [1.82, 2.24) is 20.3 Å². The van der Waals surface area contributed by atoms with Crippen LogP contribution < -0.4 is 24.8 Å². The Bertz CT molecular complexity index is 2370. The van der Waals surface area contributed by atoms with Crippen molar-refractivity contribution >= 4 is 37.3 Å². The van der Waals surface area contributed by atoms with Gasteiger partial charge in [0.1, 0.15) is 11.3 Å². The largest absolute Gasteiger partial charge is 0.497 e. The molecule has 1 unspecified atom stereocenters.